The van der Waals surface area contributed by atoms with Gasteiger partial charge < -0.3 is 0 Å². The number of likely N-dealkylation sites (N-methyl/N-ethyl adjacent to an activating group) is 2. The van der Waals surface area contributed by atoms with Crippen molar-refractivity contribution in [3.63, 3.8) is 0 Å². The number of nitrogens with zero attached hydrogens (tertiary/aromatic N) is 3. The van der Waals surface area contributed by atoms with Crippen molar-refractivity contribution in [3.8, 4) is 0 Å². The molecule has 186 valence electrons. The van der Waals surface area contributed by atoms with Crippen molar-refractivity contribution in [2.45, 2.75) is 61.9 Å². The van der Waals surface area contributed by atoms with Crippen molar-refractivity contribution in [3.05, 3.63) is 64.7 Å². The van der Waals surface area contributed by atoms with E-state index < -0.39 is 0 Å². The topological polar surface area (TPSA) is 60.9 Å². The minimum absolute atomic E-state index is 0.133. The lowest BCUT2D eigenvalue weighted by atomic mass is 10.0. The molecule has 7 heteroatoms. The van der Waals surface area contributed by atoms with Gasteiger partial charge in [-0.2, -0.15) is 0 Å². The van der Waals surface area contributed by atoms with Gasteiger partial charge >= 0.3 is 0 Å². The third kappa shape index (κ3) is 6.40. The second kappa shape index (κ2) is 12.0. The lowest BCUT2D eigenvalue weighted by Gasteiger charge is -2.34. The van der Waals surface area contributed by atoms with Gasteiger partial charge in [0.1, 0.15) is 6.29 Å². The van der Waals surface area contributed by atoms with E-state index in [1.54, 1.807) is 18.8 Å². The highest BCUT2D eigenvalue weighted by Gasteiger charge is 2.34. The van der Waals surface area contributed by atoms with Crippen molar-refractivity contribution in [1.82, 2.24) is 14.7 Å². The molecular formula is C28H35N3O3S. The van der Waals surface area contributed by atoms with Crippen LogP contribution in [0.15, 0.2) is 47.4 Å². The first-order valence-corrected chi connectivity index (χ1v) is 13.5. The van der Waals surface area contributed by atoms with Crippen molar-refractivity contribution in [2.75, 3.05) is 27.2 Å². The number of rotatable bonds is 9. The van der Waals surface area contributed by atoms with Crippen molar-refractivity contribution in [1.29, 1.82) is 0 Å². The fourth-order valence-electron chi connectivity index (χ4n) is 4.94. The third-order valence-electron chi connectivity index (χ3n) is 7.13. The van der Waals surface area contributed by atoms with Gasteiger partial charge in [-0.05, 0) is 62.2 Å². The van der Waals surface area contributed by atoms with Crippen LogP contribution < -0.4 is 0 Å². The highest BCUT2D eigenvalue weighted by molar-refractivity contribution is 7.98. The molecule has 2 amide bonds. The molecule has 2 fully saturated rings. The number of hydrogen-bond acceptors (Lipinski definition) is 6. The van der Waals surface area contributed by atoms with Gasteiger partial charge in [0.2, 0.25) is 11.8 Å². The Morgan fingerprint density at radius 1 is 1.03 bits per heavy atom. The Hall–Kier alpha value is -2.48. The summed E-state index contributed by atoms with van der Waals surface area (Å²) in [4.78, 5) is 43.1. The molecule has 0 aromatic heterocycles. The summed E-state index contributed by atoms with van der Waals surface area (Å²) in [6, 6.07) is 14.3. The average molecular weight is 494 g/mol. The first-order valence-electron chi connectivity index (χ1n) is 12.5. The van der Waals surface area contributed by atoms with Crippen LogP contribution in [0.2, 0.25) is 0 Å². The molecule has 2 heterocycles. The number of piperidine rings is 2. The van der Waals surface area contributed by atoms with E-state index in [1.165, 1.54) is 48.4 Å². The SMILES string of the molecule is CN1C(=O)CCC(N(C)Cc2c(C=O)cccc2SCc2ccc(CN3CCCCC3)cc2)C1=O. The summed E-state index contributed by atoms with van der Waals surface area (Å²) in [6.07, 6.45) is 5.71. The predicted octanol–water partition coefficient (Wildman–Crippen LogP) is 4.36. The molecule has 0 aliphatic carbocycles. The number of imide groups is 1. The Bertz CT molecular complexity index is 1050. The second-order valence-corrected chi connectivity index (χ2v) is 10.7. The fraction of sp³-hybridized carbons (Fsp3) is 0.464. The number of hydrogen-bond donors (Lipinski definition) is 0. The third-order valence-corrected chi connectivity index (χ3v) is 8.30. The van der Waals surface area contributed by atoms with Crippen molar-refractivity contribution in [2.24, 2.45) is 0 Å². The van der Waals surface area contributed by atoms with Crippen LogP contribution in [0.3, 0.4) is 0 Å². The molecule has 0 bridgehead atoms. The number of carbonyl (C=O) groups excluding carboxylic acids is 3. The van der Waals surface area contributed by atoms with Crippen LogP contribution in [0.1, 0.15) is 59.2 Å². The van der Waals surface area contributed by atoms with Gasteiger partial charge in [-0.15, -0.1) is 11.8 Å². The van der Waals surface area contributed by atoms with Crippen LogP contribution in [-0.4, -0.2) is 66.0 Å². The number of likely N-dealkylation sites (tertiary alicyclic amines) is 2. The van der Waals surface area contributed by atoms with Crippen molar-refractivity contribution < 1.29 is 14.4 Å². The Morgan fingerprint density at radius 3 is 2.46 bits per heavy atom. The zero-order chi connectivity index (χ0) is 24.8. The van der Waals surface area contributed by atoms with Gasteiger partial charge in [-0.25, -0.2) is 0 Å². The molecule has 2 aromatic carbocycles. The Kier molecular flexibility index (Phi) is 8.76. The molecule has 0 N–H and O–H groups in total. The highest BCUT2D eigenvalue weighted by Crippen LogP contribution is 2.30. The molecule has 4 rings (SSSR count). The Balaban J connectivity index is 1.41. The predicted molar refractivity (Wildman–Crippen MR) is 139 cm³/mol. The fourth-order valence-corrected chi connectivity index (χ4v) is 5.99. The monoisotopic (exact) mass is 493 g/mol. The standard InChI is InChI=1S/C28H35N3O3S/c1-29(25-13-14-27(33)30(2)28(25)34)18-24-23(19-32)7-6-8-26(24)35-20-22-11-9-21(10-12-22)17-31-15-4-3-5-16-31/h6-12,19,25H,3-5,13-18,20H2,1-2H3. The van der Waals surface area contributed by atoms with E-state index in [0.29, 0.717) is 24.9 Å². The smallest absolute Gasteiger partial charge is 0.246 e. The summed E-state index contributed by atoms with van der Waals surface area (Å²) in [5, 5.41) is 0. The van der Waals surface area contributed by atoms with Crippen LogP contribution in [0.25, 0.3) is 0 Å². The van der Waals surface area contributed by atoms with Gasteiger partial charge in [0.05, 0.1) is 6.04 Å². The number of amides is 2. The van der Waals surface area contributed by atoms with Crippen LogP contribution in [0, 0.1) is 0 Å². The molecule has 2 aliphatic rings. The lowest BCUT2D eigenvalue weighted by molar-refractivity contribution is -0.150. The summed E-state index contributed by atoms with van der Waals surface area (Å²) >= 11 is 1.72. The van der Waals surface area contributed by atoms with E-state index >= 15 is 0 Å². The van der Waals surface area contributed by atoms with Gasteiger partial charge in [0.15, 0.2) is 0 Å². The minimum Gasteiger partial charge on any atom is -0.299 e. The van der Waals surface area contributed by atoms with E-state index in [9.17, 15) is 14.4 Å². The van der Waals surface area contributed by atoms with Crippen LogP contribution in [0.5, 0.6) is 0 Å². The first-order chi connectivity index (χ1) is 17.0. The molecule has 6 nitrogen and oxygen atoms in total. The summed E-state index contributed by atoms with van der Waals surface area (Å²) in [6.45, 7) is 3.89. The van der Waals surface area contributed by atoms with Crippen LogP contribution in [-0.2, 0) is 28.4 Å². The molecule has 0 spiro atoms. The number of thioether (sulfide) groups is 1. The Labute approximate surface area is 212 Å². The van der Waals surface area contributed by atoms with Gasteiger partial charge in [-0.3, -0.25) is 29.1 Å². The molecule has 2 aliphatic heterocycles. The van der Waals surface area contributed by atoms with E-state index in [0.717, 1.165) is 29.0 Å². The maximum atomic E-state index is 12.7. The second-order valence-electron chi connectivity index (χ2n) is 9.64. The average Bonchev–Trinajstić information content (AvgIpc) is 2.88. The zero-order valence-electron chi connectivity index (χ0n) is 20.7. The van der Waals surface area contributed by atoms with E-state index in [2.05, 4.69) is 29.2 Å². The quantitative estimate of drug-likeness (QED) is 0.294. The number of aldehydes is 1. The first kappa shape index (κ1) is 25.6. The lowest BCUT2D eigenvalue weighted by Crippen LogP contribution is -2.51. The number of carbonyl (C=O) groups is 3. The van der Waals surface area contributed by atoms with E-state index in [1.807, 2.05) is 30.1 Å². The summed E-state index contributed by atoms with van der Waals surface area (Å²) in [5.41, 5.74) is 4.18. The summed E-state index contributed by atoms with van der Waals surface area (Å²) in [5.74, 6) is 0.500. The Morgan fingerprint density at radius 2 is 1.74 bits per heavy atom. The molecule has 2 saturated heterocycles. The van der Waals surface area contributed by atoms with Crippen LogP contribution >= 0.6 is 11.8 Å². The number of benzene rings is 2. The van der Waals surface area contributed by atoms with Gasteiger partial charge in [0, 0.05) is 42.8 Å². The maximum Gasteiger partial charge on any atom is 0.246 e. The molecule has 2 aromatic rings. The molecule has 1 unspecified atom stereocenters. The molecule has 0 saturated carbocycles. The summed E-state index contributed by atoms with van der Waals surface area (Å²) < 4.78 is 0. The maximum absolute atomic E-state index is 12.7. The van der Waals surface area contributed by atoms with Crippen molar-refractivity contribution >= 4 is 29.9 Å². The normalized spacial score (nSPS) is 19.4. The summed E-state index contributed by atoms with van der Waals surface area (Å²) in [7, 11) is 3.44. The van der Waals surface area contributed by atoms with Gasteiger partial charge in [0.25, 0.3) is 0 Å². The molecular weight excluding hydrogens is 458 g/mol. The van der Waals surface area contributed by atoms with E-state index in [4.69, 9.17) is 0 Å². The highest BCUT2D eigenvalue weighted by atomic mass is 32.2. The largest absolute Gasteiger partial charge is 0.299 e. The minimum atomic E-state index is -0.359. The zero-order valence-corrected chi connectivity index (χ0v) is 21.6. The molecule has 35 heavy (non-hydrogen) atoms. The van der Waals surface area contributed by atoms with Gasteiger partial charge in [-0.1, -0.05) is 42.8 Å². The molecule has 1 atom stereocenters. The van der Waals surface area contributed by atoms with E-state index in [-0.39, 0.29) is 17.9 Å². The molecule has 0 radical (unpaired) electrons. The van der Waals surface area contributed by atoms with Crippen LogP contribution in [0.4, 0.5) is 0 Å².